The summed E-state index contributed by atoms with van der Waals surface area (Å²) in [4.78, 5) is 12.0. The average molecular weight is 324 g/mol. The van der Waals surface area contributed by atoms with E-state index in [4.69, 9.17) is 5.11 Å². The topological polar surface area (TPSA) is 49.3 Å². The van der Waals surface area contributed by atoms with Crippen LogP contribution in [0.15, 0.2) is 46.9 Å². The van der Waals surface area contributed by atoms with Gasteiger partial charge in [0.05, 0.1) is 16.6 Å². The number of halogens is 2. The monoisotopic (exact) mass is 323 g/mol. The van der Waals surface area contributed by atoms with Gasteiger partial charge >= 0.3 is 0 Å². The van der Waals surface area contributed by atoms with Crippen molar-refractivity contribution in [1.82, 2.24) is 0 Å². The number of carbonyl (C=O) groups is 1. The van der Waals surface area contributed by atoms with E-state index in [1.807, 2.05) is 0 Å². The molecule has 0 saturated heterocycles. The van der Waals surface area contributed by atoms with E-state index < -0.39 is 11.7 Å². The number of amides is 1. The third-order valence-corrected chi connectivity index (χ3v) is 3.37. The van der Waals surface area contributed by atoms with Crippen LogP contribution in [0.5, 0.6) is 0 Å². The standard InChI is InChI=1S/C14H11BrFNO2/c15-13-11(5-2-6-12(13)16)14(19)17-10-4-1-3-9(7-10)8-18/h1-7,18H,8H2,(H,17,19). The van der Waals surface area contributed by atoms with E-state index in [2.05, 4.69) is 21.2 Å². The number of hydrogen-bond acceptors (Lipinski definition) is 2. The van der Waals surface area contributed by atoms with Crippen LogP contribution in [-0.2, 0) is 6.61 Å². The molecule has 0 heterocycles. The fourth-order valence-electron chi connectivity index (χ4n) is 1.63. The van der Waals surface area contributed by atoms with Crippen molar-refractivity contribution in [3.63, 3.8) is 0 Å². The lowest BCUT2D eigenvalue weighted by Crippen LogP contribution is -2.13. The van der Waals surface area contributed by atoms with Gasteiger partial charge in [-0.1, -0.05) is 18.2 Å². The molecule has 3 nitrogen and oxygen atoms in total. The fraction of sp³-hybridized carbons (Fsp3) is 0.0714. The predicted octanol–water partition coefficient (Wildman–Crippen LogP) is 3.33. The first-order valence-corrected chi connectivity index (χ1v) is 6.36. The number of carbonyl (C=O) groups excluding carboxylic acids is 1. The SMILES string of the molecule is O=C(Nc1cccc(CO)c1)c1cccc(F)c1Br. The summed E-state index contributed by atoms with van der Waals surface area (Å²) in [5.74, 6) is -0.904. The molecule has 5 heteroatoms. The second-order valence-electron chi connectivity index (χ2n) is 3.91. The molecule has 0 radical (unpaired) electrons. The van der Waals surface area contributed by atoms with Gasteiger partial charge in [0.1, 0.15) is 5.82 Å². The molecule has 2 aromatic rings. The Balaban J connectivity index is 2.23. The van der Waals surface area contributed by atoms with Crippen molar-refractivity contribution in [3.8, 4) is 0 Å². The highest BCUT2D eigenvalue weighted by molar-refractivity contribution is 9.10. The summed E-state index contributed by atoms with van der Waals surface area (Å²) in [6, 6.07) is 11.1. The molecule has 0 spiro atoms. The predicted molar refractivity (Wildman–Crippen MR) is 74.4 cm³/mol. The molecular formula is C14H11BrFNO2. The molecule has 19 heavy (non-hydrogen) atoms. The van der Waals surface area contributed by atoms with E-state index >= 15 is 0 Å². The molecule has 2 aromatic carbocycles. The summed E-state index contributed by atoms with van der Waals surface area (Å²) in [5.41, 5.74) is 1.46. The molecule has 0 aliphatic carbocycles. The molecular weight excluding hydrogens is 313 g/mol. The van der Waals surface area contributed by atoms with Gasteiger partial charge in [-0.15, -0.1) is 0 Å². The maximum Gasteiger partial charge on any atom is 0.256 e. The van der Waals surface area contributed by atoms with Crippen molar-refractivity contribution in [1.29, 1.82) is 0 Å². The van der Waals surface area contributed by atoms with Crippen molar-refractivity contribution in [2.75, 3.05) is 5.32 Å². The molecule has 98 valence electrons. The van der Waals surface area contributed by atoms with Crippen LogP contribution in [0.4, 0.5) is 10.1 Å². The Hall–Kier alpha value is -1.72. The Kier molecular flexibility index (Phi) is 4.29. The van der Waals surface area contributed by atoms with E-state index in [-0.39, 0.29) is 16.6 Å². The van der Waals surface area contributed by atoms with Gasteiger partial charge in [-0.25, -0.2) is 4.39 Å². The summed E-state index contributed by atoms with van der Waals surface area (Å²) < 4.78 is 13.5. The van der Waals surface area contributed by atoms with E-state index in [0.29, 0.717) is 11.3 Å². The molecule has 0 bridgehead atoms. The molecule has 0 aliphatic heterocycles. The lowest BCUT2D eigenvalue weighted by molar-refractivity contribution is 0.102. The number of rotatable bonds is 3. The number of aliphatic hydroxyl groups is 1. The highest BCUT2D eigenvalue weighted by Gasteiger charge is 2.13. The molecule has 1 amide bonds. The first-order valence-electron chi connectivity index (χ1n) is 5.57. The third kappa shape index (κ3) is 3.19. The molecule has 0 aliphatic rings. The van der Waals surface area contributed by atoms with Crippen molar-refractivity contribution in [2.24, 2.45) is 0 Å². The molecule has 0 fully saturated rings. The Morgan fingerprint density at radius 3 is 2.74 bits per heavy atom. The maximum absolute atomic E-state index is 13.3. The van der Waals surface area contributed by atoms with Gasteiger partial charge in [0, 0.05) is 5.69 Å². The summed E-state index contributed by atoms with van der Waals surface area (Å²) in [5, 5.41) is 11.7. The van der Waals surface area contributed by atoms with Crippen LogP contribution < -0.4 is 5.32 Å². The highest BCUT2D eigenvalue weighted by atomic mass is 79.9. The minimum Gasteiger partial charge on any atom is -0.392 e. The normalized spacial score (nSPS) is 10.3. The summed E-state index contributed by atoms with van der Waals surface area (Å²) in [7, 11) is 0. The number of nitrogens with one attached hydrogen (secondary N) is 1. The Labute approximate surface area is 118 Å². The van der Waals surface area contributed by atoms with Crippen molar-refractivity contribution in [2.45, 2.75) is 6.61 Å². The molecule has 2 N–H and O–H groups in total. The van der Waals surface area contributed by atoms with Gasteiger partial charge in [-0.05, 0) is 45.8 Å². The van der Waals surface area contributed by atoms with Gasteiger partial charge in [-0.2, -0.15) is 0 Å². The zero-order valence-corrected chi connectivity index (χ0v) is 11.4. The maximum atomic E-state index is 13.3. The number of hydrogen-bond donors (Lipinski definition) is 2. The zero-order valence-electron chi connectivity index (χ0n) is 9.86. The fourth-order valence-corrected chi connectivity index (χ4v) is 2.07. The molecule has 2 rings (SSSR count). The lowest BCUT2D eigenvalue weighted by Gasteiger charge is -2.08. The summed E-state index contributed by atoms with van der Waals surface area (Å²) in [6.07, 6.45) is 0. The van der Waals surface area contributed by atoms with Gasteiger partial charge < -0.3 is 10.4 Å². The van der Waals surface area contributed by atoms with E-state index in [9.17, 15) is 9.18 Å². The minimum atomic E-state index is -0.489. The largest absolute Gasteiger partial charge is 0.392 e. The quantitative estimate of drug-likeness (QED) is 0.910. The van der Waals surface area contributed by atoms with Crippen molar-refractivity contribution < 1.29 is 14.3 Å². The highest BCUT2D eigenvalue weighted by Crippen LogP contribution is 2.21. The molecule has 0 aromatic heterocycles. The van der Waals surface area contributed by atoms with Crippen LogP contribution in [0, 0.1) is 5.82 Å². The molecule has 0 atom stereocenters. The molecule has 0 unspecified atom stereocenters. The lowest BCUT2D eigenvalue weighted by atomic mass is 10.2. The third-order valence-electron chi connectivity index (χ3n) is 2.56. The Bertz CT molecular complexity index is 616. The summed E-state index contributed by atoms with van der Waals surface area (Å²) >= 11 is 3.05. The van der Waals surface area contributed by atoms with Crippen LogP contribution in [0.25, 0.3) is 0 Å². The number of benzene rings is 2. The molecule has 0 saturated carbocycles. The number of anilines is 1. The van der Waals surface area contributed by atoms with Crippen LogP contribution >= 0.6 is 15.9 Å². The van der Waals surface area contributed by atoms with E-state index in [1.165, 1.54) is 18.2 Å². The van der Waals surface area contributed by atoms with Gasteiger partial charge in [0.2, 0.25) is 0 Å². The zero-order chi connectivity index (χ0) is 13.8. The van der Waals surface area contributed by atoms with Gasteiger partial charge in [0.25, 0.3) is 5.91 Å². The smallest absolute Gasteiger partial charge is 0.256 e. The van der Waals surface area contributed by atoms with Crippen LogP contribution in [0.3, 0.4) is 0 Å². The van der Waals surface area contributed by atoms with E-state index in [0.717, 1.165) is 0 Å². The van der Waals surface area contributed by atoms with Gasteiger partial charge in [-0.3, -0.25) is 4.79 Å². The van der Waals surface area contributed by atoms with Crippen LogP contribution in [0.1, 0.15) is 15.9 Å². The van der Waals surface area contributed by atoms with E-state index in [1.54, 1.807) is 24.3 Å². The van der Waals surface area contributed by atoms with Crippen LogP contribution in [-0.4, -0.2) is 11.0 Å². The van der Waals surface area contributed by atoms with Crippen molar-refractivity contribution in [3.05, 3.63) is 63.9 Å². The second kappa shape index (κ2) is 5.95. The minimum absolute atomic E-state index is 0.104. The van der Waals surface area contributed by atoms with Gasteiger partial charge in [0.15, 0.2) is 0 Å². The van der Waals surface area contributed by atoms with Crippen molar-refractivity contribution >= 4 is 27.5 Å². The van der Waals surface area contributed by atoms with Crippen LogP contribution in [0.2, 0.25) is 0 Å². The number of aliphatic hydroxyl groups excluding tert-OH is 1. The average Bonchev–Trinajstić information content (AvgIpc) is 2.42. The Morgan fingerprint density at radius 1 is 1.26 bits per heavy atom. The Morgan fingerprint density at radius 2 is 2.00 bits per heavy atom. The second-order valence-corrected chi connectivity index (χ2v) is 4.71. The first kappa shape index (κ1) is 13.7. The summed E-state index contributed by atoms with van der Waals surface area (Å²) in [6.45, 7) is -0.104. The first-order chi connectivity index (χ1) is 9.11.